The Bertz CT molecular complexity index is 397. The number of piperidine rings is 1. The van der Waals surface area contributed by atoms with Gasteiger partial charge in [0.1, 0.15) is 0 Å². The largest absolute Gasteiger partial charge is 0.311 e. The summed E-state index contributed by atoms with van der Waals surface area (Å²) in [6.07, 6.45) is 4.00. The highest BCUT2D eigenvalue weighted by atomic mass is 79.9. The molecule has 1 unspecified atom stereocenters. The van der Waals surface area contributed by atoms with Gasteiger partial charge < -0.3 is 10.2 Å². The summed E-state index contributed by atoms with van der Waals surface area (Å²) in [5, 5.41) is 4.34. The summed E-state index contributed by atoms with van der Waals surface area (Å²) in [6, 6.07) is 6.61. The molecule has 0 saturated carbocycles. The molecule has 0 radical (unpaired) electrons. The second-order valence-corrected chi connectivity index (χ2v) is 6.29. The summed E-state index contributed by atoms with van der Waals surface area (Å²) in [6.45, 7) is 3.15. The van der Waals surface area contributed by atoms with Gasteiger partial charge in [-0.3, -0.25) is 0 Å². The number of hydrogen-bond acceptors (Lipinski definition) is 2. The molecule has 2 rings (SSSR count). The molecule has 1 heterocycles. The number of benzene rings is 1. The van der Waals surface area contributed by atoms with Crippen LogP contribution in [0.15, 0.2) is 22.7 Å². The van der Waals surface area contributed by atoms with Crippen LogP contribution in [0.5, 0.6) is 0 Å². The number of nitrogens with zero attached hydrogens (tertiary/aromatic N) is 1. The van der Waals surface area contributed by atoms with E-state index >= 15 is 0 Å². The fourth-order valence-corrected chi connectivity index (χ4v) is 3.04. The highest BCUT2D eigenvalue weighted by molar-refractivity contribution is 9.10. The average Bonchev–Trinajstić information content (AvgIpc) is 2.36. The summed E-state index contributed by atoms with van der Waals surface area (Å²) in [5.74, 6) is 0. The highest BCUT2D eigenvalue weighted by Gasteiger charge is 2.18. The molecule has 1 N–H and O–H groups in total. The van der Waals surface area contributed by atoms with E-state index in [0.29, 0.717) is 6.04 Å². The Morgan fingerprint density at radius 3 is 3.06 bits per heavy atom. The molecule has 1 aromatic carbocycles. The Balaban J connectivity index is 1.82. The molecule has 1 aliphatic heterocycles. The third kappa shape index (κ3) is 3.95. The summed E-state index contributed by atoms with van der Waals surface area (Å²) >= 11 is 9.57. The minimum absolute atomic E-state index is 0.678. The Morgan fingerprint density at radius 2 is 2.28 bits per heavy atom. The molecule has 0 spiro atoms. The van der Waals surface area contributed by atoms with E-state index in [4.69, 9.17) is 11.6 Å². The monoisotopic (exact) mass is 330 g/mol. The molecule has 18 heavy (non-hydrogen) atoms. The van der Waals surface area contributed by atoms with Crippen molar-refractivity contribution < 1.29 is 0 Å². The summed E-state index contributed by atoms with van der Waals surface area (Å²) in [7, 11) is 2.22. The third-order valence-corrected chi connectivity index (χ3v) is 4.63. The lowest BCUT2D eigenvalue weighted by atomic mass is 10.0. The van der Waals surface area contributed by atoms with Gasteiger partial charge >= 0.3 is 0 Å². The third-order valence-electron chi connectivity index (χ3n) is 3.62. The zero-order valence-corrected chi connectivity index (χ0v) is 13.1. The summed E-state index contributed by atoms with van der Waals surface area (Å²) in [4.78, 5) is 2.46. The molecule has 1 aliphatic rings. The van der Waals surface area contributed by atoms with E-state index in [-0.39, 0.29) is 0 Å². The Kier molecular flexibility index (Phi) is 5.49. The van der Waals surface area contributed by atoms with E-state index in [1.807, 2.05) is 18.2 Å². The van der Waals surface area contributed by atoms with E-state index in [9.17, 15) is 0 Å². The molecule has 1 fully saturated rings. The molecule has 0 bridgehead atoms. The smallest absolute Gasteiger partial charge is 0.0410 e. The number of likely N-dealkylation sites (tertiary alicyclic amines) is 1. The topological polar surface area (TPSA) is 15.3 Å². The van der Waals surface area contributed by atoms with Gasteiger partial charge in [-0.15, -0.1) is 0 Å². The van der Waals surface area contributed by atoms with E-state index < -0.39 is 0 Å². The van der Waals surface area contributed by atoms with Crippen molar-refractivity contribution in [2.24, 2.45) is 0 Å². The SMILES string of the molecule is CN1CCCCC1CNCc1cc(Cl)ccc1Br. The maximum Gasteiger partial charge on any atom is 0.0410 e. The Morgan fingerprint density at radius 1 is 1.44 bits per heavy atom. The lowest BCUT2D eigenvalue weighted by molar-refractivity contribution is 0.181. The first-order chi connectivity index (χ1) is 8.66. The molecule has 100 valence electrons. The standard InChI is InChI=1S/C14H20BrClN2/c1-18-7-3-2-4-13(18)10-17-9-11-8-12(16)5-6-14(11)15/h5-6,8,13,17H,2-4,7,9-10H2,1H3. The molecule has 0 amide bonds. The maximum atomic E-state index is 6.01. The maximum absolute atomic E-state index is 6.01. The first kappa shape index (κ1) is 14.3. The number of nitrogens with one attached hydrogen (secondary N) is 1. The van der Waals surface area contributed by atoms with E-state index in [0.717, 1.165) is 22.6 Å². The Hall–Kier alpha value is -0.0900. The molecule has 1 atom stereocenters. The number of hydrogen-bond donors (Lipinski definition) is 1. The number of likely N-dealkylation sites (N-methyl/N-ethyl adjacent to an activating group) is 1. The predicted octanol–water partition coefficient (Wildman–Crippen LogP) is 3.68. The second-order valence-electron chi connectivity index (χ2n) is 5.00. The van der Waals surface area contributed by atoms with Crippen molar-refractivity contribution in [1.82, 2.24) is 10.2 Å². The minimum atomic E-state index is 0.678. The molecule has 0 aromatic heterocycles. The molecule has 2 nitrogen and oxygen atoms in total. The van der Waals surface area contributed by atoms with Crippen molar-refractivity contribution in [3.8, 4) is 0 Å². The van der Waals surface area contributed by atoms with Gasteiger partial charge in [0.05, 0.1) is 0 Å². The van der Waals surface area contributed by atoms with Crippen molar-refractivity contribution in [3.63, 3.8) is 0 Å². The Labute approximate surface area is 123 Å². The zero-order valence-electron chi connectivity index (χ0n) is 10.8. The van der Waals surface area contributed by atoms with Crippen LogP contribution in [0.25, 0.3) is 0 Å². The van der Waals surface area contributed by atoms with Gasteiger partial charge in [-0.1, -0.05) is 34.0 Å². The predicted molar refractivity (Wildman–Crippen MR) is 81.1 cm³/mol. The lowest BCUT2D eigenvalue weighted by Gasteiger charge is -2.32. The van der Waals surface area contributed by atoms with Crippen LogP contribution >= 0.6 is 27.5 Å². The van der Waals surface area contributed by atoms with E-state index in [2.05, 4.69) is 33.2 Å². The van der Waals surface area contributed by atoms with Gasteiger partial charge in [-0.25, -0.2) is 0 Å². The number of halogens is 2. The molecular weight excluding hydrogens is 312 g/mol. The van der Waals surface area contributed by atoms with E-state index in [1.165, 1.54) is 31.4 Å². The molecule has 4 heteroatoms. The minimum Gasteiger partial charge on any atom is -0.311 e. The quantitative estimate of drug-likeness (QED) is 0.905. The van der Waals surface area contributed by atoms with Crippen molar-refractivity contribution in [2.45, 2.75) is 31.8 Å². The van der Waals surface area contributed by atoms with Gasteiger partial charge in [0.25, 0.3) is 0 Å². The normalized spacial score (nSPS) is 21.2. The van der Waals surface area contributed by atoms with Crippen molar-refractivity contribution >= 4 is 27.5 Å². The second kappa shape index (κ2) is 6.90. The number of rotatable bonds is 4. The van der Waals surface area contributed by atoms with Gasteiger partial charge in [0.2, 0.25) is 0 Å². The van der Waals surface area contributed by atoms with Gasteiger partial charge in [-0.2, -0.15) is 0 Å². The lowest BCUT2D eigenvalue weighted by Crippen LogP contribution is -2.42. The van der Waals surface area contributed by atoms with Gasteiger partial charge in [0.15, 0.2) is 0 Å². The average molecular weight is 332 g/mol. The fourth-order valence-electron chi connectivity index (χ4n) is 2.45. The van der Waals surface area contributed by atoms with Gasteiger partial charge in [0, 0.05) is 28.6 Å². The molecule has 0 aliphatic carbocycles. The van der Waals surface area contributed by atoms with Crippen molar-refractivity contribution in [3.05, 3.63) is 33.3 Å². The molecule has 1 saturated heterocycles. The van der Waals surface area contributed by atoms with Crippen LogP contribution in [0.1, 0.15) is 24.8 Å². The van der Waals surface area contributed by atoms with Crippen LogP contribution in [0.2, 0.25) is 5.02 Å². The van der Waals surface area contributed by atoms with Crippen LogP contribution in [-0.2, 0) is 6.54 Å². The molecule has 1 aromatic rings. The molecular formula is C14H20BrClN2. The first-order valence-corrected chi connectivity index (χ1v) is 7.69. The fraction of sp³-hybridized carbons (Fsp3) is 0.571. The first-order valence-electron chi connectivity index (χ1n) is 6.51. The van der Waals surface area contributed by atoms with Crippen molar-refractivity contribution in [2.75, 3.05) is 20.1 Å². The van der Waals surface area contributed by atoms with Crippen LogP contribution in [0, 0.1) is 0 Å². The zero-order chi connectivity index (χ0) is 13.0. The van der Waals surface area contributed by atoms with E-state index in [1.54, 1.807) is 0 Å². The summed E-state index contributed by atoms with van der Waals surface area (Å²) in [5.41, 5.74) is 1.22. The highest BCUT2D eigenvalue weighted by Crippen LogP contribution is 2.21. The van der Waals surface area contributed by atoms with Crippen molar-refractivity contribution in [1.29, 1.82) is 0 Å². The van der Waals surface area contributed by atoms with Crippen LogP contribution in [-0.4, -0.2) is 31.1 Å². The van der Waals surface area contributed by atoms with Crippen LogP contribution in [0.3, 0.4) is 0 Å². The van der Waals surface area contributed by atoms with Gasteiger partial charge in [-0.05, 0) is 50.2 Å². The van der Waals surface area contributed by atoms with Crippen LogP contribution < -0.4 is 5.32 Å². The van der Waals surface area contributed by atoms with Crippen LogP contribution in [0.4, 0.5) is 0 Å². The summed E-state index contributed by atoms with van der Waals surface area (Å²) < 4.78 is 1.12.